The van der Waals surface area contributed by atoms with Crippen molar-refractivity contribution in [3.05, 3.63) is 29.6 Å². The molecule has 0 aliphatic heterocycles. The van der Waals surface area contributed by atoms with Crippen molar-refractivity contribution in [2.75, 3.05) is 6.61 Å². The van der Waals surface area contributed by atoms with Crippen LogP contribution in [0.1, 0.15) is 32.4 Å². The molecule has 1 amide bonds. The lowest BCUT2D eigenvalue weighted by atomic mass is 10.0. The summed E-state index contributed by atoms with van der Waals surface area (Å²) in [5.41, 5.74) is 0.476. The number of aliphatic hydroxyl groups excluding tert-OH is 1. The Morgan fingerprint density at radius 3 is 2.67 bits per heavy atom. The van der Waals surface area contributed by atoms with Crippen LogP contribution in [-0.4, -0.2) is 23.7 Å². The Balaban J connectivity index is 3.06. The molecule has 0 saturated carbocycles. The molecule has 100 valence electrons. The minimum absolute atomic E-state index is 0.289. The summed E-state index contributed by atoms with van der Waals surface area (Å²) in [6, 6.07) is 3.49. The van der Waals surface area contributed by atoms with Gasteiger partial charge in [0.2, 0.25) is 5.91 Å². The largest absolute Gasteiger partial charge is 0.494 e. The van der Waals surface area contributed by atoms with Gasteiger partial charge in [-0.05, 0) is 31.5 Å². The van der Waals surface area contributed by atoms with E-state index >= 15 is 0 Å². The molecule has 0 aliphatic carbocycles. The van der Waals surface area contributed by atoms with Gasteiger partial charge in [-0.15, -0.1) is 0 Å². The van der Waals surface area contributed by atoms with Gasteiger partial charge in [-0.3, -0.25) is 4.79 Å². The van der Waals surface area contributed by atoms with E-state index in [-0.39, 0.29) is 5.91 Å². The van der Waals surface area contributed by atoms with Gasteiger partial charge in [0.05, 0.1) is 18.8 Å². The number of halogens is 1. The summed E-state index contributed by atoms with van der Waals surface area (Å²) in [5.74, 6) is -0.376. The average Bonchev–Trinajstić information content (AvgIpc) is 2.24. The summed E-state index contributed by atoms with van der Waals surface area (Å²) in [6.07, 6.45) is -0.829. The number of rotatable bonds is 5. The molecule has 0 fully saturated rings. The zero-order chi connectivity index (χ0) is 13.7. The highest BCUT2D eigenvalue weighted by atomic mass is 19.1. The molecule has 18 heavy (non-hydrogen) atoms. The predicted molar refractivity (Wildman–Crippen MR) is 65.8 cm³/mol. The lowest BCUT2D eigenvalue weighted by molar-refractivity contribution is -0.120. The van der Waals surface area contributed by atoms with E-state index in [0.717, 1.165) is 0 Å². The summed E-state index contributed by atoms with van der Waals surface area (Å²) in [7, 11) is 0. The van der Waals surface area contributed by atoms with Crippen molar-refractivity contribution in [3.8, 4) is 5.75 Å². The van der Waals surface area contributed by atoms with Crippen molar-refractivity contribution in [2.24, 2.45) is 0 Å². The molecule has 0 heterocycles. The Morgan fingerprint density at radius 1 is 1.50 bits per heavy atom. The topological polar surface area (TPSA) is 58.6 Å². The minimum atomic E-state index is -0.829. The molecule has 0 radical (unpaired) electrons. The molecule has 0 aliphatic rings. The van der Waals surface area contributed by atoms with Gasteiger partial charge in [0.15, 0.2) is 0 Å². The summed E-state index contributed by atoms with van der Waals surface area (Å²) in [6.45, 7) is 5.09. The van der Waals surface area contributed by atoms with Crippen LogP contribution >= 0.6 is 0 Å². The lowest BCUT2D eigenvalue weighted by Crippen LogP contribution is -2.33. The molecular weight excluding hydrogens is 237 g/mol. The lowest BCUT2D eigenvalue weighted by Gasteiger charge is -2.21. The van der Waals surface area contributed by atoms with Gasteiger partial charge < -0.3 is 15.2 Å². The van der Waals surface area contributed by atoms with E-state index in [9.17, 15) is 14.3 Å². The van der Waals surface area contributed by atoms with Gasteiger partial charge in [0.25, 0.3) is 0 Å². The van der Waals surface area contributed by atoms with Crippen molar-refractivity contribution in [1.29, 1.82) is 0 Å². The summed E-state index contributed by atoms with van der Waals surface area (Å²) >= 11 is 0. The Morgan fingerprint density at radius 2 is 2.17 bits per heavy atom. The molecule has 4 nitrogen and oxygen atoms in total. The van der Waals surface area contributed by atoms with Crippen LogP contribution in [0.4, 0.5) is 4.39 Å². The number of benzene rings is 1. The zero-order valence-electron chi connectivity index (χ0n) is 10.7. The summed E-state index contributed by atoms with van der Waals surface area (Å²) in [4.78, 5) is 11.1. The van der Waals surface area contributed by atoms with Crippen LogP contribution in [-0.2, 0) is 4.79 Å². The van der Waals surface area contributed by atoms with E-state index in [2.05, 4.69) is 5.32 Å². The fraction of sp³-hybridized carbons (Fsp3) is 0.462. The molecular formula is C13H18FNO3. The number of hydrogen-bond acceptors (Lipinski definition) is 3. The van der Waals surface area contributed by atoms with Crippen LogP contribution in [0.2, 0.25) is 0 Å². The maximum absolute atomic E-state index is 13.4. The van der Waals surface area contributed by atoms with E-state index in [4.69, 9.17) is 4.74 Å². The van der Waals surface area contributed by atoms with Crippen LogP contribution in [0.25, 0.3) is 0 Å². The third kappa shape index (κ3) is 4.00. The highest BCUT2D eigenvalue weighted by Gasteiger charge is 2.19. The maximum Gasteiger partial charge on any atom is 0.217 e. The van der Waals surface area contributed by atoms with Crippen molar-refractivity contribution in [1.82, 2.24) is 5.32 Å². The molecule has 0 aromatic heterocycles. The van der Waals surface area contributed by atoms with Crippen molar-refractivity contribution < 1.29 is 19.0 Å². The van der Waals surface area contributed by atoms with Crippen molar-refractivity contribution in [2.45, 2.75) is 32.9 Å². The highest BCUT2D eigenvalue weighted by molar-refractivity contribution is 5.73. The van der Waals surface area contributed by atoms with Crippen LogP contribution in [0.15, 0.2) is 18.2 Å². The molecule has 0 unspecified atom stereocenters. The minimum Gasteiger partial charge on any atom is -0.494 e. The normalized spacial score (nSPS) is 13.8. The standard InChI is InChI=1S/C13H18FNO3/c1-4-18-12-6-10(5-11(14)7-12)13(8(2)16)15-9(3)17/h5-8,13,16H,4H2,1-3H3,(H,15,17)/t8-,13+/m0/s1. The van der Waals surface area contributed by atoms with E-state index in [1.54, 1.807) is 13.0 Å². The Hall–Kier alpha value is -1.62. The number of carbonyl (C=O) groups is 1. The van der Waals surface area contributed by atoms with Gasteiger partial charge in [-0.2, -0.15) is 0 Å². The van der Waals surface area contributed by atoms with E-state index < -0.39 is 18.0 Å². The van der Waals surface area contributed by atoms with Gasteiger partial charge in [0, 0.05) is 13.0 Å². The first-order valence-corrected chi connectivity index (χ1v) is 5.82. The number of nitrogens with one attached hydrogen (secondary N) is 1. The molecule has 2 atom stereocenters. The highest BCUT2D eigenvalue weighted by Crippen LogP contribution is 2.24. The fourth-order valence-corrected chi connectivity index (χ4v) is 1.72. The van der Waals surface area contributed by atoms with Crippen molar-refractivity contribution >= 4 is 5.91 Å². The van der Waals surface area contributed by atoms with Gasteiger partial charge in [-0.1, -0.05) is 0 Å². The molecule has 1 aromatic carbocycles. The van der Waals surface area contributed by atoms with E-state index in [1.807, 2.05) is 0 Å². The Bertz CT molecular complexity index is 421. The van der Waals surface area contributed by atoms with Crippen LogP contribution in [0, 0.1) is 5.82 Å². The number of hydrogen-bond donors (Lipinski definition) is 2. The van der Waals surface area contributed by atoms with E-state index in [1.165, 1.54) is 26.0 Å². The first kappa shape index (κ1) is 14.4. The fourth-order valence-electron chi connectivity index (χ4n) is 1.72. The zero-order valence-corrected chi connectivity index (χ0v) is 10.7. The van der Waals surface area contributed by atoms with Crippen LogP contribution in [0.5, 0.6) is 5.75 Å². The Labute approximate surface area is 106 Å². The maximum atomic E-state index is 13.4. The molecule has 0 spiro atoms. The number of ether oxygens (including phenoxy) is 1. The van der Waals surface area contributed by atoms with Gasteiger partial charge >= 0.3 is 0 Å². The van der Waals surface area contributed by atoms with Crippen LogP contribution < -0.4 is 10.1 Å². The molecule has 0 saturated heterocycles. The van der Waals surface area contributed by atoms with Crippen molar-refractivity contribution in [3.63, 3.8) is 0 Å². The molecule has 5 heteroatoms. The van der Waals surface area contributed by atoms with Gasteiger partial charge in [0.1, 0.15) is 11.6 Å². The first-order valence-electron chi connectivity index (χ1n) is 5.82. The second-order valence-corrected chi connectivity index (χ2v) is 4.07. The predicted octanol–water partition coefficient (Wildman–Crippen LogP) is 1.78. The molecule has 0 bridgehead atoms. The molecule has 1 rings (SSSR count). The summed E-state index contributed by atoms with van der Waals surface area (Å²) < 4.78 is 18.7. The SMILES string of the molecule is CCOc1cc(F)cc([C@H](NC(C)=O)[C@H](C)O)c1. The second-order valence-electron chi connectivity index (χ2n) is 4.07. The Kier molecular flexibility index (Phi) is 5.09. The quantitative estimate of drug-likeness (QED) is 0.843. The summed E-state index contributed by atoms with van der Waals surface area (Å²) in [5, 5.41) is 12.2. The first-order chi connectivity index (χ1) is 8.43. The smallest absolute Gasteiger partial charge is 0.217 e. The third-order valence-corrected chi connectivity index (χ3v) is 2.40. The van der Waals surface area contributed by atoms with Gasteiger partial charge in [-0.25, -0.2) is 4.39 Å². The number of amides is 1. The van der Waals surface area contributed by atoms with E-state index in [0.29, 0.717) is 17.9 Å². The third-order valence-electron chi connectivity index (χ3n) is 2.40. The average molecular weight is 255 g/mol. The molecule has 1 aromatic rings. The molecule has 2 N–H and O–H groups in total. The monoisotopic (exact) mass is 255 g/mol. The number of aliphatic hydroxyl groups is 1. The second kappa shape index (κ2) is 6.35. The van der Waals surface area contributed by atoms with Crippen LogP contribution in [0.3, 0.4) is 0 Å². The number of carbonyl (C=O) groups excluding carboxylic acids is 1.